The molecule has 1 atom stereocenters. The van der Waals surface area contributed by atoms with Crippen LogP contribution in [0.5, 0.6) is 0 Å². The van der Waals surface area contributed by atoms with E-state index < -0.39 is 23.9 Å². The van der Waals surface area contributed by atoms with Gasteiger partial charge in [0.2, 0.25) is 5.76 Å². The van der Waals surface area contributed by atoms with Crippen LogP contribution in [0.2, 0.25) is 0 Å². The van der Waals surface area contributed by atoms with Crippen molar-refractivity contribution in [2.45, 2.75) is 17.9 Å². The second-order valence-electron chi connectivity index (χ2n) is 3.51. The summed E-state index contributed by atoms with van der Waals surface area (Å²) in [4.78, 5) is 11.0. The van der Waals surface area contributed by atoms with Crippen LogP contribution in [0.15, 0.2) is 16.5 Å². The number of rotatable bonds is 2. The third kappa shape index (κ3) is 1.32. The number of hydrogen-bond acceptors (Lipinski definition) is 4. The van der Waals surface area contributed by atoms with Crippen molar-refractivity contribution in [3.8, 4) is 0 Å². The Morgan fingerprint density at radius 3 is 2.67 bits per heavy atom. The predicted molar refractivity (Wildman–Crippen MR) is 45.5 cm³/mol. The van der Waals surface area contributed by atoms with Gasteiger partial charge in [-0.15, -0.1) is 0 Å². The number of carbonyl (C=O) groups is 1. The summed E-state index contributed by atoms with van der Waals surface area (Å²) in [6.07, 6.45) is -0.464. The summed E-state index contributed by atoms with van der Waals surface area (Å²) >= 11 is 0. The maximum Gasteiger partial charge on any atom is 0.373 e. The van der Waals surface area contributed by atoms with Crippen LogP contribution in [0, 0.1) is 0 Å². The molecule has 0 radical (unpaired) electrons. The van der Waals surface area contributed by atoms with Crippen molar-refractivity contribution in [2.24, 2.45) is 5.73 Å². The summed E-state index contributed by atoms with van der Waals surface area (Å²) in [5.74, 6) is -3.89. The molecule has 1 aliphatic carbocycles. The van der Waals surface area contributed by atoms with Gasteiger partial charge in [-0.3, -0.25) is 0 Å². The van der Waals surface area contributed by atoms with Gasteiger partial charge in [0.05, 0.1) is 7.11 Å². The zero-order valence-electron chi connectivity index (χ0n) is 7.92. The Morgan fingerprint density at radius 1 is 1.60 bits per heavy atom. The normalized spacial score (nSPS) is 27.5. The minimum absolute atomic E-state index is 0.0899. The molecule has 0 spiro atoms. The lowest BCUT2D eigenvalue weighted by molar-refractivity contribution is 0.0550. The van der Waals surface area contributed by atoms with E-state index in [1.807, 2.05) is 0 Å². The fourth-order valence-electron chi connectivity index (χ4n) is 1.36. The number of hydrogen-bond donors (Lipinski definition) is 1. The number of alkyl halides is 2. The highest BCUT2D eigenvalue weighted by atomic mass is 19.3. The van der Waals surface area contributed by atoms with Gasteiger partial charge >= 0.3 is 5.97 Å². The molecule has 0 saturated heterocycles. The van der Waals surface area contributed by atoms with Crippen molar-refractivity contribution in [3.63, 3.8) is 0 Å². The number of furan rings is 1. The molecule has 6 heteroatoms. The van der Waals surface area contributed by atoms with E-state index in [4.69, 9.17) is 10.2 Å². The van der Waals surface area contributed by atoms with E-state index in [9.17, 15) is 13.6 Å². The van der Waals surface area contributed by atoms with Crippen LogP contribution in [0.25, 0.3) is 0 Å². The van der Waals surface area contributed by atoms with Gasteiger partial charge in [-0.25, -0.2) is 13.6 Å². The first-order chi connectivity index (χ1) is 6.90. The largest absolute Gasteiger partial charge is 0.463 e. The Hall–Kier alpha value is -1.43. The highest BCUT2D eigenvalue weighted by Gasteiger charge is 2.72. The van der Waals surface area contributed by atoms with Crippen molar-refractivity contribution in [1.82, 2.24) is 0 Å². The maximum atomic E-state index is 12.9. The smallest absolute Gasteiger partial charge is 0.373 e. The molecule has 82 valence electrons. The molecule has 1 aliphatic rings. The summed E-state index contributed by atoms with van der Waals surface area (Å²) in [5.41, 5.74) is 3.64. The number of ether oxygens (including phenoxy) is 1. The van der Waals surface area contributed by atoms with Crippen LogP contribution in [-0.4, -0.2) is 19.0 Å². The van der Waals surface area contributed by atoms with E-state index in [1.54, 1.807) is 0 Å². The van der Waals surface area contributed by atoms with E-state index in [0.717, 1.165) is 0 Å². The van der Waals surface area contributed by atoms with Gasteiger partial charge in [0.25, 0.3) is 5.92 Å². The topological polar surface area (TPSA) is 65.5 Å². The summed E-state index contributed by atoms with van der Waals surface area (Å²) in [5, 5.41) is 0. The number of methoxy groups -OCH3 is 1. The van der Waals surface area contributed by atoms with E-state index >= 15 is 0 Å². The summed E-state index contributed by atoms with van der Waals surface area (Å²) in [7, 11) is 1.18. The molecule has 15 heavy (non-hydrogen) atoms. The molecule has 2 N–H and O–H groups in total. The Kier molecular flexibility index (Phi) is 1.88. The van der Waals surface area contributed by atoms with Crippen LogP contribution in [0.1, 0.15) is 22.7 Å². The van der Waals surface area contributed by atoms with Gasteiger partial charge in [-0.1, -0.05) is 0 Å². The Bertz CT molecular complexity index is 415. The quantitative estimate of drug-likeness (QED) is 0.757. The number of carbonyl (C=O) groups excluding carboxylic acids is 1. The van der Waals surface area contributed by atoms with E-state index in [-0.39, 0.29) is 11.5 Å². The van der Waals surface area contributed by atoms with Crippen LogP contribution in [0.4, 0.5) is 8.78 Å². The van der Waals surface area contributed by atoms with Crippen molar-refractivity contribution < 1.29 is 22.7 Å². The average Bonchev–Trinajstić information content (AvgIpc) is 2.57. The van der Waals surface area contributed by atoms with Gasteiger partial charge in [-0.05, 0) is 12.1 Å². The molecule has 0 amide bonds. The third-order valence-electron chi connectivity index (χ3n) is 2.46. The van der Waals surface area contributed by atoms with Crippen LogP contribution < -0.4 is 5.73 Å². The highest BCUT2D eigenvalue weighted by Crippen LogP contribution is 2.57. The molecule has 2 rings (SSSR count). The first kappa shape index (κ1) is 10.1. The van der Waals surface area contributed by atoms with Gasteiger partial charge in [-0.2, -0.15) is 0 Å². The zero-order valence-corrected chi connectivity index (χ0v) is 7.92. The maximum absolute atomic E-state index is 12.9. The fraction of sp³-hybridized carbons (Fsp3) is 0.444. The molecule has 4 nitrogen and oxygen atoms in total. The number of halogens is 2. The van der Waals surface area contributed by atoms with Crippen LogP contribution in [-0.2, 0) is 10.3 Å². The highest BCUT2D eigenvalue weighted by molar-refractivity contribution is 5.86. The molecule has 0 aliphatic heterocycles. The molecule has 1 aromatic rings. The monoisotopic (exact) mass is 217 g/mol. The Labute approximate surface area is 84.0 Å². The second kappa shape index (κ2) is 2.79. The van der Waals surface area contributed by atoms with Gasteiger partial charge < -0.3 is 14.9 Å². The molecule has 1 fully saturated rings. The van der Waals surface area contributed by atoms with Gasteiger partial charge in [0, 0.05) is 6.42 Å². The lowest BCUT2D eigenvalue weighted by atomic mass is 10.2. The molecule has 0 bridgehead atoms. The van der Waals surface area contributed by atoms with E-state index in [1.165, 1.54) is 19.2 Å². The Balaban J connectivity index is 2.26. The summed E-state index contributed by atoms with van der Waals surface area (Å²) < 4.78 is 35.0. The minimum Gasteiger partial charge on any atom is -0.463 e. The Morgan fingerprint density at radius 2 is 2.20 bits per heavy atom. The van der Waals surface area contributed by atoms with Gasteiger partial charge in [0.15, 0.2) is 0 Å². The van der Waals surface area contributed by atoms with Crippen molar-refractivity contribution in [3.05, 3.63) is 23.7 Å². The lowest BCUT2D eigenvalue weighted by Crippen LogP contribution is -2.26. The van der Waals surface area contributed by atoms with Crippen molar-refractivity contribution >= 4 is 5.97 Å². The zero-order chi connectivity index (χ0) is 11.3. The molecule has 0 aromatic carbocycles. The molecule has 1 aromatic heterocycles. The van der Waals surface area contributed by atoms with E-state index in [2.05, 4.69) is 4.74 Å². The molecular formula is C9H9F2NO3. The molecule has 1 saturated carbocycles. The second-order valence-corrected chi connectivity index (χ2v) is 3.51. The summed E-state index contributed by atoms with van der Waals surface area (Å²) in [6.45, 7) is 0. The van der Waals surface area contributed by atoms with Gasteiger partial charge in [0.1, 0.15) is 11.3 Å². The predicted octanol–water partition coefficient (Wildman–Crippen LogP) is 1.26. The van der Waals surface area contributed by atoms with Crippen molar-refractivity contribution in [2.75, 3.05) is 7.11 Å². The van der Waals surface area contributed by atoms with Crippen LogP contribution in [0.3, 0.4) is 0 Å². The third-order valence-corrected chi connectivity index (χ3v) is 2.46. The standard InChI is InChI=1S/C9H9F2NO3/c1-14-7(13)5-2-3-6(15-5)8(12)4-9(8,10)11/h2-3H,4,12H2,1H3. The van der Waals surface area contributed by atoms with Crippen LogP contribution >= 0.6 is 0 Å². The molecule has 1 heterocycles. The molecule has 1 unspecified atom stereocenters. The lowest BCUT2D eigenvalue weighted by Gasteiger charge is -2.05. The van der Waals surface area contributed by atoms with E-state index in [0.29, 0.717) is 0 Å². The number of nitrogens with two attached hydrogens (primary N) is 1. The van der Waals surface area contributed by atoms with Crippen molar-refractivity contribution in [1.29, 1.82) is 0 Å². The first-order valence-corrected chi connectivity index (χ1v) is 4.26. The summed E-state index contributed by atoms with van der Waals surface area (Å²) in [6, 6.07) is 2.54. The fourth-order valence-corrected chi connectivity index (χ4v) is 1.36. The molecular weight excluding hydrogens is 208 g/mol. The minimum atomic E-state index is -2.96. The number of esters is 1. The first-order valence-electron chi connectivity index (χ1n) is 4.26. The average molecular weight is 217 g/mol. The SMILES string of the molecule is COC(=O)c1ccc(C2(N)CC2(F)F)o1.